The first-order valence-electron chi connectivity index (χ1n) is 8.79. The van der Waals surface area contributed by atoms with E-state index in [1.54, 1.807) is 6.33 Å². The second-order valence-electron chi connectivity index (χ2n) is 6.79. The zero-order chi connectivity index (χ0) is 18.1. The minimum Gasteiger partial charge on any atom is -0.369 e. The van der Waals surface area contributed by atoms with Gasteiger partial charge in [0.2, 0.25) is 5.89 Å². The molecule has 1 aliphatic heterocycles. The average molecular weight is 353 g/mol. The number of hydrogen-bond donors (Lipinski definition) is 0. The maximum Gasteiger partial charge on any atom is 0.223 e. The summed E-state index contributed by atoms with van der Waals surface area (Å²) < 4.78 is 5.05. The summed E-state index contributed by atoms with van der Waals surface area (Å²) >= 11 is 0. The van der Waals surface area contributed by atoms with E-state index in [-0.39, 0.29) is 0 Å². The summed E-state index contributed by atoms with van der Waals surface area (Å²) in [7, 11) is 4.01. The van der Waals surface area contributed by atoms with Crippen molar-refractivity contribution < 1.29 is 4.52 Å². The van der Waals surface area contributed by atoms with Crippen molar-refractivity contribution in [3.8, 4) is 0 Å². The van der Waals surface area contributed by atoms with Crippen molar-refractivity contribution in [1.29, 1.82) is 0 Å². The third kappa shape index (κ3) is 3.32. The highest BCUT2D eigenvalue weighted by atomic mass is 16.5. The van der Waals surface area contributed by atoms with E-state index >= 15 is 0 Å². The van der Waals surface area contributed by atoms with Crippen molar-refractivity contribution >= 4 is 22.4 Å². The summed E-state index contributed by atoms with van der Waals surface area (Å²) in [6.45, 7) is 6.43. The lowest BCUT2D eigenvalue weighted by Crippen LogP contribution is -2.46. The molecule has 0 bridgehead atoms. The van der Waals surface area contributed by atoms with E-state index < -0.39 is 0 Å². The Hall–Kier alpha value is -2.74. The Kier molecular flexibility index (Phi) is 4.42. The summed E-state index contributed by atoms with van der Waals surface area (Å²) in [5, 5.41) is 5.07. The fourth-order valence-electron chi connectivity index (χ4n) is 3.35. The van der Waals surface area contributed by atoms with Crippen LogP contribution in [0.25, 0.3) is 10.9 Å². The Labute approximate surface area is 152 Å². The Bertz CT molecular complexity index is 899. The van der Waals surface area contributed by atoms with Crippen molar-refractivity contribution in [3.05, 3.63) is 36.2 Å². The molecule has 4 rings (SSSR count). The first kappa shape index (κ1) is 16.7. The summed E-state index contributed by atoms with van der Waals surface area (Å²) in [5.74, 6) is 2.33. The van der Waals surface area contributed by atoms with Crippen molar-refractivity contribution in [1.82, 2.24) is 25.0 Å². The van der Waals surface area contributed by atoms with Gasteiger partial charge in [0.25, 0.3) is 0 Å². The van der Waals surface area contributed by atoms with E-state index in [1.807, 2.05) is 25.9 Å². The number of hydrogen-bond acceptors (Lipinski definition) is 8. The van der Waals surface area contributed by atoms with E-state index in [2.05, 4.69) is 48.1 Å². The maximum absolute atomic E-state index is 5.05. The Morgan fingerprint density at radius 1 is 1.12 bits per heavy atom. The van der Waals surface area contributed by atoms with Crippen molar-refractivity contribution in [3.63, 3.8) is 0 Å². The molecule has 0 spiro atoms. The van der Waals surface area contributed by atoms with Gasteiger partial charge >= 0.3 is 0 Å². The summed E-state index contributed by atoms with van der Waals surface area (Å²) in [6, 6.07) is 6.42. The fourth-order valence-corrected chi connectivity index (χ4v) is 3.35. The summed E-state index contributed by atoms with van der Waals surface area (Å²) in [5.41, 5.74) is 2.18. The molecule has 1 aromatic carbocycles. The molecular weight excluding hydrogens is 330 g/mol. The van der Waals surface area contributed by atoms with Gasteiger partial charge in [-0.25, -0.2) is 9.97 Å². The van der Waals surface area contributed by atoms with Crippen LogP contribution < -0.4 is 9.80 Å². The lowest BCUT2D eigenvalue weighted by molar-refractivity contribution is 0.240. The molecule has 8 heteroatoms. The number of benzene rings is 1. The normalized spacial score (nSPS) is 15.6. The van der Waals surface area contributed by atoms with Gasteiger partial charge in [-0.3, -0.25) is 4.90 Å². The van der Waals surface area contributed by atoms with E-state index in [0.717, 1.165) is 55.3 Å². The number of piperazine rings is 1. The van der Waals surface area contributed by atoms with Crippen LogP contribution in [0.4, 0.5) is 11.5 Å². The van der Waals surface area contributed by atoms with Crippen LogP contribution in [-0.2, 0) is 6.54 Å². The zero-order valence-corrected chi connectivity index (χ0v) is 15.4. The van der Waals surface area contributed by atoms with Crippen LogP contribution in [0.3, 0.4) is 0 Å². The molecule has 2 aromatic heterocycles. The van der Waals surface area contributed by atoms with Crippen LogP contribution in [0.5, 0.6) is 0 Å². The molecule has 136 valence electrons. The van der Waals surface area contributed by atoms with Crippen LogP contribution in [0.2, 0.25) is 0 Å². The van der Waals surface area contributed by atoms with Gasteiger partial charge in [0.05, 0.1) is 12.1 Å². The number of anilines is 2. The lowest BCUT2D eigenvalue weighted by atomic mass is 10.1. The second kappa shape index (κ2) is 6.87. The SMILES string of the molecule is Cc1nc(CN2CCN(c3ccc4ncnc(N(C)C)c4c3)CC2)no1. The highest BCUT2D eigenvalue weighted by Gasteiger charge is 2.19. The van der Waals surface area contributed by atoms with Crippen molar-refractivity contribution in [2.24, 2.45) is 0 Å². The predicted molar refractivity (Wildman–Crippen MR) is 100 cm³/mol. The van der Waals surface area contributed by atoms with E-state index in [4.69, 9.17) is 4.52 Å². The number of aryl methyl sites for hydroxylation is 1. The molecule has 8 nitrogen and oxygen atoms in total. The highest BCUT2D eigenvalue weighted by Crippen LogP contribution is 2.27. The number of aromatic nitrogens is 4. The molecule has 0 amide bonds. The van der Waals surface area contributed by atoms with Gasteiger partial charge in [-0.15, -0.1) is 0 Å². The van der Waals surface area contributed by atoms with Crippen molar-refractivity contribution in [2.45, 2.75) is 13.5 Å². The van der Waals surface area contributed by atoms with Crippen LogP contribution in [0, 0.1) is 6.92 Å². The van der Waals surface area contributed by atoms with Crippen LogP contribution >= 0.6 is 0 Å². The maximum atomic E-state index is 5.05. The molecule has 0 saturated carbocycles. The number of nitrogens with zero attached hydrogens (tertiary/aromatic N) is 7. The Morgan fingerprint density at radius 3 is 2.62 bits per heavy atom. The number of rotatable bonds is 4. The minimum absolute atomic E-state index is 0.619. The third-order valence-corrected chi connectivity index (χ3v) is 4.69. The van der Waals surface area contributed by atoms with Crippen LogP contribution in [0.15, 0.2) is 29.0 Å². The molecule has 1 aliphatic rings. The molecule has 0 unspecified atom stereocenters. The third-order valence-electron chi connectivity index (χ3n) is 4.69. The van der Waals surface area contributed by atoms with Gasteiger partial charge in [-0.2, -0.15) is 4.98 Å². The molecular formula is C18H23N7O. The first-order valence-corrected chi connectivity index (χ1v) is 8.79. The predicted octanol–water partition coefficient (Wildman–Crippen LogP) is 1.71. The molecule has 0 atom stereocenters. The molecule has 0 aliphatic carbocycles. The van der Waals surface area contributed by atoms with Crippen molar-refractivity contribution in [2.75, 3.05) is 50.1 Å². The molecule has 1 fully saturated rings. The first-order chi connectivity index (χ1) is 12.6. The highest BCUT2D eigenvalue weighted by molar-refractivity contribution is 5.91. The van der Waals surface area contributed by atoms with Gasteiger partial charge in [0.15, 0.2) is 5.82 Å². The zero-order valence-electron chi connectivity index (χ0n) is 15.4. The lowest BCUT2D eigenvalue weighted by Gasteiger charge is -2.35. The van der Waals surface area contributed by atoms with E-state index in [9.17, 15) is 0 Å². The van der Waals surface area contributed by atoms with Crippen LogP contribution in [-0.4, -0.2) is 65.3 Å². The smallest absolute Gasteiger partial charge is 0.223 e. The van der Waals surface area contributed by atoms with Gasteiger partial charge in [0, 0.05) is 58.3 Å². The minimum atomic E-state index is 0.619. The molecule has 26 heavy (non-hydrogen) atoms. The molecule has 3 heterocycles. The summed E-state index contributed by atoms with van der Waals surface area (Å²) in [4.78, 5) is 19.9. The topological polar surface area (TPSA) is 74.4 Å². The average Bonchev–Trinajstić information content (AvgIpc) is 3.06. The molecule has 0 N–H and O–H groups in total. The van der Waals surface area contributed by atoms with Gasteiger partial charge < -0.3 is 14.3 Å². The summed E-state index contributed by atoms with van der Waals surface area (Å²) in [6.07, 6.45) is 1.62. The molecule has 1 saturated heterocycles. The van der Waals surface area contributed by atoms with Gasteiger partial charge in [0.1, 0.15) is 12.1 Å². The Balaban J connectivity index is 1.48. The second-order valence-corrected chi connectivity index (χ2v) is 6.79. The fraction of sp³-hybridized carbons (Fsp3) is 0.444. The monoisotopic (exact) mass is 353 g/mol. The van der Waals surface area contributed by atoms with Crippen LogP contribution in [0.1, 0.15) is 11.7 Å². The van der Waals surface area contributed by atoms with Gasteiger partial charge in [-0.1, -0.05) is 5.16 Å². The van der Waals surface area contributed by atoms with E-state index in [1.165, 1.54) is 5.69 Å². The van der Waals surface area contributed by atoms with E-state index in [0.29, 0.717) is 5.89 Å². The Morgan fingerprint density at radius 2 is 1.92 bits per heavy atom. The molecule has 3 aromatic rings. The molecule has 0 radical (unpaired) electrons. The number of fused-ring (bicyclic) bond motifs is 1. The largest absolute Gasteiger partial charge is 0.369 e. The standard InChI is InChI=1S/C18H23N7O/c1-13-21-17(22-26-13)11-24-6-8-25(9-7-24)14-4-5-16-15(10-14)18(23(2)3)20-12-19-16/h4-5,10,12H,6-9,11H2,1-3H3. The quantitative estimate of drug-likeness (QED) is 0.702. The van der Waals surface area contributed by atoms with Gasteiger partial charge in [-0.05, 0) is 18.2 Å².